The fourth-order valence-corrected chi connectivity index (χ4v) is 3.67. The third-order valence-corrected chi connectivity index (χ3v) is 5.61. The van der Waals surface area contributed by atoms with Gasteiger partial charge in [0.1, 0.15) is 5.82 Å². The molecule has 0 saturated carbocycles. The molecule has 140 valence electrons. The summed E-state index contributed by atoms with van der Waals surface area (Å²) in [7, 11) is 0. The largest absolute Gasteiger partial charge is 0.369 e. The first-order valence-corrected chi connectivity index (χ1v) is 9.57. The van der Waals surface area contributed by atoms with Gasteiger partial charge >= 0.3 is 0 Å². The highest BCUT2D eigenvalue weighted by molar-refractivity contribution is 6.42. The van der Waals surface area contributed by atoms with Crippen molar-refractivity contribution in [1.82, 2.24) is 15.1 Å². The normalized spacial score (nSPS) is 15.3. The van der Waals surface area contributed by atoms with Crippen molar-refractivity contribution in [3.8, 4) is 11.3 Å². The number of anilines is 1. The number of halogens is 3. The molecule has 0 spiro atoms. The average molecular weight is 405 g/mol. The Labute approximate surface area is 167 Å². The smallest absolute Gasteiger partial charge is 0.123 e. The monoisotopic (exact) mass is 404 g/mol. The Morgan fingerprint density at radius 1 is 0.963 bits per heavy atom. The first-order chi connectivity index (χ1) is 13.1. The Bertz CT molecular complexity index is 918. The van der Waals surface area contributed by atoms with Gasteiger partial charge < -0.3 is 4.90 Å². The Hall–Kier alpha value is -2.08. The predicted octanol–water partition coefficient (Wildman–Crippen LogP) is 4.84. The summed E-state index contributed by atoms with van der Waals surface area (Å²) in [5.41, 5.74) is 4.01. The van der Waals surface area contributed by atoms with E-state index in [1.54, 1.807) is 12.1 Å². The minimum atomic E-state index is -0.241. The van der Waals surface area contributed by atoms with Gasteiger partial charge in [0.25, 0.3) is 0 Å². The van der Waals surface area contributed by atoms with Crippen LogP contribution in [0, 0.1) is 5.82 Å². The van der Waals surface area contributed by atoms with E-state index in [0.29, 0.717) is 10.0 Å². The van der Waals surface area contributed by atoms with Gasteiger partial charge in [-0.2, -0.15) is 5.10 Å². The lowest BCUT2D eigenvalue weighted by atomic mass is 10.1. The molecule has 27 heavy (non-hydrogen) atoms. The predicted molar refractivity (Wildman–Crippen MR) is 108 cm³/mol. The van der Waals surface area contributed by atoms with Crippen LogP contribution in [0.15, 0.2) is 48.7 Å². The molecule has 0 aliphatic carbocycles. The lowest BCUT2D eigenvalue weighted by molar-refractivity contribution is 0.250. The van der Waals surface area contributed by atoms with Gasteiger partial charge in [-0.3, -0.25) is 10.00 Å². The average Bonchev–Trinajstić information content (AvgIpc) is 3.13. The topological polar surface area (TPSA) is 35.2 Å². The lowest BCUT2D eigenvalue weighted by Crippen LogP contribution is -2.46. The summed E-state index contributed by atoms with van der Waals surface area (Å²) < 4.78 is 13.2. The number of aromatic amines is 1. The maximum atomic E-state index is 13.2. The zero-order valence-corrected chi connectivity index (χ0v) is 16.1. The second kappa shape index (κ2) is 7.89. The van der Waals surface area contributed by atoms with E-state index in [4.69, 9.17) is 23.2 Å². The van der Waals surface area contributed by atoms with Crippen LogP contribution in [-0.4, -0.2) is 41.3 Å². The van der Waals surface area contributed by atoms with Gasteiger partial charge in [-0.15, -0.1) is 0 Å². The van der Waals surface area contributed by atoms with Crippen LogP contribution in [0.1, 0.15) is 5.56 Å². The van der Waals surface area contributed by atoms with Crippen LogP contribution >= 0.6 is 23.2 Å². The molecule has 1 saturated heterocycles. The van der Waals surface area contributed by atoms with E-state index in [1.165, 1.54) is 12.1 Å². The first kappa shape index (κ1) is 18.3. The summed E-state index contributed by atoms with van der Waals surface area (Å²) in [6, 6.07) is 12.2. The molecule has 7 heteroatoms. The third kappa shape index (κ3) is 4.10. The molecule has 2 heterocycles. The minimum absolute atomic E-state index is 0.241. The van der Waals surface area contributed by atoms with E-state index in [2.05, 4.69) is 20.0 Å². The number of piperazine rings is 1. The summed E-state index contributed by atoms with van der Waals surface area (Å²) in [5, 5.41) is 8.45. The van der Waals surface area contributed by atoms with Gasteiger partial charge in [-0.05, 0) is 42.5 Å². The van der Waals surface area contributed by atoms with Crippen LogP contribution in [0.25, 0.3) is 11.3 Å². The molecule has 4 rings (SSSR count). The highest BCUT2D eigenvalue weighted by atomic mass is 35.5. The van der Waals surface area contributed by atoms with Crippen LogP contribution in [0.4, 0.5) is 10.1 Å². The summed E-state index contributed by atoms with van der Waals surface area (Å²) in [6.07, 6.45) is 1.92. The van der Waals surface area contributed by atoms with Gasteiger partial charge in [0, 0.05) is 55.7 Å². The molecule has 0 bridgehead atoms. The van der Waals surface area contributed by atoms with Gasteiger partial charge in [-0.25, -0.2) is 4.39 Å². The number of nitrogens with one attached hydrogen (secondary N) is 1. The molecule has 1 aliphatic heterocycles. The van der Waals surface area contributed by atoms with Gasteiger partial charge in [0.2, 0.25) is 0 Å². The molecular formula is C20H19Cl2FN4. The van der Waals surface area contributed by atoms with E-state index in [-0.39, 0.29) is 5.82 Å². The van der Waals surface area contributed by atoms with Crippen molar-refractivity contribution in [3.05, 3.63) is 70.1 Å². The Morgan fingerprint density at radius 2 is 1.70 bits per heavy atom. The number of nitrogens with zero attached hydrogens (tertiary/aromatic N) is 3. The molecule has 0 atom stereocenters. The summed E-state index contributed by atoms with van der Waals surface area (Å²) >= 11 is 12.1. The molecule has 4 nitrogen and oxygen atoms in total. The number of H-pyrrole nitrogens is 1. The summed E-state index contributed by atoms with van der Waals surface area (Å²) in [5.74, 6) is -0.241. The second-order valence-electron chi connectivity index (χ2n) is 6.63. The minimum Gasteiger partial charge on any atom is -0.369 e. The molecule has 1 aliphatic rings. The van der Waals surface area contributed by atoms with E-state index >= 15 is 0 Å². The highest BCUT2D eigenvalue weighted by Gasteiger charge is 2.20. The van der Waals surface area contributed by atoms with Crippen molar-refractivity contribution >= 4 is 28.9 Å². The summed E-state index contributed by atoms with van der Waals surface area (Å²) in [4.78, 5) is 4.71. The van der Waals surface area contributed by atoms with Crippen molar-refractivity contribution < 1.29 is 4.39 Å². The quantitative estimate of drug-likeness (QED) is 0.675. The van der Waals surface area contributed by atoms with Crippen LogP contribution in [0.3, 0.4) is 0 Å². The van der Waals surface area contributed by atoms with Crippen molar-refractivity contribution in [2.45, 2.75) is 6.54 Å². The zero-order valence-electron chi connectivity index (χ0n) is 14.6. The van der Waals surface area contributed by atoms with Crippen LogP contribution in [-0.2, 0) is 6.54 Å². The van der Waals surface area contributed by atoms with Crippen molar-refractivity contribution in [1.29, 1.82) is 0 Å². The molecule has 3 aromatic rings. The van der Waals surface area contributed by atoms with E-state index in [9.17, 15) is 4.39 Å². The molecule has 2 aromatic carbocycles. The SMILES string of the molecule is Fc1ccc(-c2n[nH]cc2CN2CCN(c3ccc(Cl)c(Cl)c3)CC2)cc1. The van der Waals surface area contributed by atoms with E-state index in [0.717, 1.165) is 55.2 Å². The number of hydrogen-bond donors (Lipinski definition) is 1. The fourth-order valence-electron chi connectivity index (χ4n) is 3.38. The Balaban J connectivity index is 1.41. The van der Waals surface area contributed by atoms with E-state index in [1.807, 2.05) is 24.4 Å². The molecule has 0 amide bonds. The molecule has 0 radical (unpaired) electrons. The number of rotatable bonds is 4. The highest BCUT2D eigenvalue weighted by Crippen LogP contribution is 2.28. The third-order valence-electron chi connectivity index (χ3n) is 4.87. The Kier molecular flexibility index (Phi) is 5.34. The Morgan fingerprint density at radius 3 is 2.41 bits per heavy atom. The van der Waals surface area contributed by atoms with Crippen molar-refractivity contribution in [3.63, 3.8) is 0 Å². The molecule has 0 unspecified atom stereocenters. The van der Waals surface area contributed by atoms with Crippen molar-refractivity contribution in [2.24, 2.45) is 0 Å². The summed E-state index contributed by atoms with van der Waals surface area (Å²) in [6.45, 7) is 4.52. The maximum absolute atomic E-state index is 13.2. The molecule has 1 fully saturated rings. The van der Waals surface area contributed by atoms with Gasteiger partial charge in [0.15, 0.2) is 0 Å². The van der Waals surface area contributed by atoms with Crippen LogP contribution < -0.4 is 4.90 Å². The van der Waals surface area contributed by atoms with Crippen molar-refractivity contribution in [2.75, 3.05) is 31.1 Å². The first-order valence-electron chi connectivity index (χ1n) is 8.81. The van der Waals surface area contributed by atoms with Crippen LogP contribution in [0.2, 0.25) is 10.0 Å². The number of benzene rings is 2. The second-order valence-corrected chi connectivity index (χ2v) is 7.44. The van der Waals surface area contributed by atoms with Gasteiger partial charge in [0.05, 0.1) is 15.7 Å². The zero-order chi connectivity index (χ0) is 18.8. The maximum Gasteiger partial charge on any atom is 0.123 e. The lowest BCUT2D eigenvalue weighted by Gasteiger charge is -2.36. The molecule has 1 N–H and O–H groups in total. The number of hydrogen-bond acceptors (Lipinski definition) is 3. The molecule has 1 aromatic heterocycles. The standard InChI is InChI=1S/C20H19Cl2FN4/c21-18-6-5-17(11-19(18)22)27-9-7-26(8-10-27)13-15-12-24-25-20(15)14-1-3-16(23)4-2-14/h1-6,11-12H,7-10,13H2,(H,24,25). The van der Waals surface area contributed by atoms with E-state index < -0.39 is 0 Å². The van der Waals surface area contributed by atoms with Crippen LogP contribution in [0.5, 0.6) is 0 Å². The number of aromatic nitrogens is 2. The fraction of sp³-hybridized carbons (Fsp3) is 0.250. The van der Waals surface area contributed by atoms with Gasteiger partial charge in [-0.1, -0.05) is 23.2 Å². The molecular weight excluding hydrogens is 386 g/mol.